The second-order valence-electron chi connectivity index (χ2n) is 4.35. The van der Waals surface area contributed by atoms with Crippen molar-refractivity contribution < 1.29 is 9.18 Å². The highest BCUT2D eigenvalue weighted by atomic mass is 19.1. The van der Waals surface area contributed by atoms with E-state index < -0.39 is 0 Å². The summed E-state index contributed by atoms with van der Waals surface area (Å²) in [7, 11) is 0. The molecule has 0 aliphatic carbocycles. The zero-order valence-corrected chi connectivity index (χ0v) is 10.6. The van der Waals surface area contributed by atoms with Gasteiger partial charge in [-0.3, -0.25) is 4.79 Å². The van der Waals surface area contributed by atoms with E-state index in [2.05, 4.69) is 5.32 Å². The van der Waals surface area contributed by atoms with Crippen molar-refractivity contribution in [2.75, 3.05) is 6.54 Å². The van der Waals surface area contributed by atoms with Crippen LogP contribution < -0.4 is 5.32 Å². The van der Waals surface area contributed by atoms with Crippen molar-refractivity contribution in [3.63, 3.8) is 0 Å². The molecule has 19 heavy (non-hydrogen) atoms. The van der Waals surface area contributed by atoms with E-state index in [-0.39, 0.29) is 18.1 Å². The molecule has 3 heteroatoms. The van der Waals surface area contributed by atoms with Gasteiger partial charge >= 0.3 is 0 Å². The van der Waals surface area contributed by atoms with Gasteiger partial charge in [0.1, 0.15) is 5.82 Å². The predicted molar refractivity (Wildman–Crippen MR) is 73.3 cm³/mol. The molecule has 2 aromatic rings. The molecule has 98 valence electrons. The van der Waals surface area contributed by atoms with Crippen LogP contribution in [0.2, 0.25) is 0 Å². The Morgan fingerprint density at radius 3 is 2.42 bits per heavy atom. The van der Waals surface area contributed by atoms with Crippen LogP contribution in [-0.4, -0.2) is 12.5 Å². The largest absolute Gasteiger partial charge is 0.355 e. The van der Waals surface area contributed by atoms with Gasteiger partial charge in [-0.1, -0.05) is 48.5 Å². The van der Waals surface area contributed by atoms with Gasteiger partial charge in [0.25, 0.3) is 0 Å². The zero-order chi connectivity index (χ0) is 13.5. The Bertz CT molecular complexity index is 539. The number of hydrogen-bond donors (Lipinski definition) is 1. The lowest BCUT2D eigenvalue weighted by Gasteiger charge is -2.06. The maximum Gasteiger partial charge on any atom is 0.224 e. The SMILES string of the molecule is O=C(Cc1ccccc1F)NCCc1ccccc1. The number of hydrogen-bond acceptors (Lipinski definition) is 1. The van der Waals surface area contributed by atoms with Crippen molar-refractivity contribution >= 4 is 5.91 Å². The van der Waals surface area contributed by atoms with Gasteiger partial charge in [-0.25, -0.2) is 4.39 Å². The Morgan fingerprint density at radius 2 is 1.68 bits per heavy atom. The summed E-state index contributed by atoms with van der Waals surface area (Å²) in [6.45, 7) is 0.567. The highest BCUT2D eigenvalue weighted by Crippen LogP contribution is 2.06. The molecule has 1 N–H and O–H groups in total. The number of amides is 1. The van der Waals surface area contributed by atoms with Gasteiger partial charge in [0.05, 0.1) is 6.42 Å². The monoisotopic (exact) mass is 257 g/mol. The molecule has 2 rings (SSSR count). The lowest BCUT2D eigenvalue weighted by Crippen LogP contribution is -2.27. The zero-order valence-electron chi connectivity index (χ0n) is 10.6. The highest BCUT2D eigenvalue weighted by Gasteiger charge is 2.06. The first-order chi connectivity index (χ1) is 9.25. The van der Waals surface area contributed by atoms with Crippen molar-refractivity contribution in [1.29, 1.82) is 0 Å². The van der Waals surface area contributed by atoms with Gasteiger partial charge in [0.15, 0.2) is 0 Å². The minimum absolute atomic E-state index is 0.0848. The van der Waals surface area contributed by atoms with E-state index in [1.807, 2.05) is 30.3 Å². The molecular weight excluding hydrogens is 241 g/mol. The summed E-state index contributed by atoms with van der Waals surface area (Å²) in [6.07, 6.45) is 0.866. The fraction of sp³-hybridized carbons (Fsp3) is 0.188. The second kappa shape index (κ2) is 6.69. The maximum atomic E-state index is 13.4. The Labute approximate surface area is 112 Å². The number of carbonyl (C=O) groups excluding carboxylic acids is 1. The molecule has 0 bridgehead atoms. The standard InChI is InChI=1S/C16H16FNO/c17-15-9-5-4-8-14(15)12-16(19)18-11-10-13-6-2-1-3-7-13/h1-9H,10-12H2,(H,18,19). The second-order valence-corrected chi connectivity index (χ2v) is 4.35. The molecule has 0 aliphatic heterocycles. The van der Waals surface area contributed by atoms with Crippen molar-refractivity contribution in [3.8, 4) is 0 Å². The number of benzene rings is 2. The van der Waals surface area contributed by atoms with Crippen LogP contribution in [0.3, 0.4) is 0 Å². The first-order valence-corrected chi connectivity index (χ1v) is 6.30. The van der Waals surface area contributed by atoms with Gasteiger partial charge in [-0.2, -0.15) is 0 Å². The van der Waals surface area contributed by atoms with E-state index in [4.69, 9.17) is 0 Å². The third-order valence-corrected chi connectivity index (χ3v) is 2.89. The average molecular weight is 257 g/mol. The predicted octanol–water partition coefficient (Wildman–Crippen LogP) is 2.73. The molecular formula is C16H16FNO. The molecule has 1 amide bonds. The fourth-order valence-electron chi connectivity index (χ4n) is 1.87. The quantitative estimate of drug-likeness (QED) is 0.876. The Balaban J connectivity index is 1.78. The van der Waals surface area contributed by atoms with Gasteiger partial charge in [0.2, 0.25) is 5.91 Å². The van der Waals surface area contributed by atoms with Crippen molar-refractivity contribution in [2.24, 2.45) is 0 Å². The summed E-state index contributed by atoms with van der Waals surface area (Å²) in [6, 6.07) is 16.3. The molecule has 0 atom stereocenters. The summed E-state index contributed by atoms with van der Waals surface area (Å²) in [5, 5.41) is 2.80. The van der Waals surface area contributed by atoms with Crippen LogP contribution in [0, 0.1) is 5.82 Å². The molecule has 0 radical (unpaired) electrons. The lowest BCUT2D eigenvalue weighted by atomic mass is 10.1. The normalized spacial score (nSPS) is 10.2. The first-order valence-electron chi connectivity index (χ1n) is 6.30. The van der Waals surface area contributed by atoms with Crippen LogP contribution in [0.15, 0.2) is 54.6 Å². The summed E-state index contributed by atoms with van der Waals surface area (Å²) in [4.78, 5) is 11.7. The molecule has 0 aliphatic rings. The summed E-state index contributed by atoms with van der Waals surface area (Å²) >= 11 is 0. The maximum absolute atomic E-state index is 13.4. The van der Waals surface area contributed by atoms with Crippen LogP contribution in [0.4, 0.5) is 4.39 Å². The number of halogens is 1. The van der Waals surface area contributed by atoms with Crippen LogP contribution in [0.1, 0.15) is 11.1 Å². The van der Waals surface area contributed by atoms with E-state index in [1.54, 1.807) is 18.2 Å². The Kier molecular flexibility index (Phi) is 4.67. The smallest absolute Gasteiger partial charge is 0.224 e. The van der Waals surface area contributed by atoms with Gasteiger partial charge in [-0.15, -0.1) is 0 Å². The molecule has 0 saturated heterocycles. The van der Waals surface area contributed by atoms with E-state index in [0.717, 1.165) is 6.42 Å². The van der Waals surface area contributed by atoms with Crippen molar-refractivity contribution in [2.45, 2.75) is 12.8 Å². The van der Waals surface area contributed by atoms with Crippen LogP contribution in [0.5, 0.6) is 0 Å². The third-order valence-electron chi connectivity index (χ3n) is 2.89. The van der Waals surface area contributed by atoms with E-state index in [1.165, 1.54) is 11.6 Å². The number of nitrogens with one attached hydrogen (secondary N) is 1. The molecule has 0 spiro atoms. The Morgan fingerprint density at radius 1 is 1.00 bits per heavy atom. The van der Waals surface area contributed by atoms with Crippen LogP contribution in [0.25, 0.3) is 0 Å². The van der Waals surface area contributed by atoms with E-state index in [9.17, 15) is 9.18 Å². The van der Waals surface area contributed by atoms with E-state index >= 15 is 0 Å². The number of rotatable bonds is 5. The topological polar surface area (TPSA) is 29.1 Å². The van der Waals surface area contributed by atoms with E-state index in [0.29, 0.717) is 12.1 Å². The minimum Gasteiger partial charge on any atom is -0.355 e. The lowest BCUT2D eigenvalue weighted by molar-refractivity contribution is -0.120. The van der Waals surface area contributed by atoms with Crippen molar-refractivity contribution in [1.82, 2.24) is 5.32 Å². The van der Waals surface area contributed by atoms with Gasteiger partial charge < -0.3 is 5.32 Å². The molecule has 2 nitrogen and oxygen atoms in total. The average Bonchev–Trinajstić information content (AvgIpc) is 2.43. The molecule has 0 heterocycles. The molecule has 0 fully saturated rings. The molecule has 2 aromatic carbocycles. The van der Waals surface area contributed by atoms with Crippen LogP contribution in [-0.2, 0) is 17.6 Å². The summed E-state index contributed by atoms with van der Waals surface area (Å²) in [5.41, 5.74) is 1.61. The third kappa shape index (κ3) is 4.21. The summed E-state index contributed by atoms with van der Waals surface area (Å²) in [5.74, 6) is -0.484. The first kappa shape index (κ1) is 13.3. The van der Waals surface area contributed by atoms with Gasteiger partial charge in [0, 0.05) is 6.54 Å². The molecule has 0 saturated carbocycles. The van der Waals surface area contributed by atoms with Gasteiger partial charge in [-0.05, 0) is 23.6 Å². The number of carbonyl (C=O) groups is 1. The van der Waals surface area contributed by atoms with Crippen LogP contribution >= 0.6 is 0 Å². The fourth-order valence-corrected chi connectivity index (χ4v) is 1.87. The molecule has 0 aromatic heterocycles. The Hall–Kier alpha value is -2.16. The minimum atomic E-state index is -0.333. The highest BCUT2D eigenvalue weighted by molar-refractivity contribution is 5.78. The molecule has 0 unspecified atom stereocenters. The van der Waals surface area contributed by atoms with Crippen molar-refractivity contribution in [3.05, 3.63) is 71.5 Å². The summed E-state index contributed by atoms with van der Waals surface area (Å²) < 4.78 is 13.4.